The van der Waals surface area contributed by atoms with Gasteiger partial charge >= 0.3 is 0 Å². The molecular formula is C24H24N4O3S. The van der Waals surface area contributed by atoms with Gasteiger partial charge in [0.25, 0.3) is 0 Å². The molecule has 0 aliphatic heterocycles. The molecule has 1 heterocycles. The van der Waals surface area contributed by atoms with Gasteiger partial charge in [-0.3, -0.25) is 9.93 Å². The lowest BCUT2D eigenvalue weighted by atomic mass is 10.2. The van der Waals surface area contributed by atoms with Gasteiger partial charge in [-0.2, -0.15) is 0 Å². The van der Waals surface area contributed by atoms with Crippen molar-refractivity contribution < 1.29 is 14.2 Å². The van der Waals surface area contributed by atoms with Gasteiger partial charge in [0, 0.05) is 4.90 Å². The third kappa shape index (κ3) is 4.51. The van der Waals surface area contributed by atoms with E-state index < -0.39 is 9.71 Å². The molecule has 2 N–H and O–H groups in total. The fourth-order valence-corrected chi connectivity index (χ4v) is 4.30. The molecule has 0 saturated heterocycles. The van der Waals surface area contributed by atoms with Crippen LogP contribution in [0.2, 0.25) is 0 Å². The zero-order valence-electron chi connectivity index (χ0n) is 17.9. The van der Waals surface area contributed by atoms with E-state index in [0.29, 0.717) is 34.0 Å². The van der Waals surface area contributed by atoms with Gasteiger partial charge in [0.1, 0.15) is 5.75 Å². The van der Waals surface area contributed by atoms with Crippen molar-refractivity contribution in [2.45, 2.75) is 18.7 Å². The molecule has 7 nitrogen and oxygen atoms in total. The second-order valence-corrected chi connectivity index (χ2v) is 9.24. The molecule has 1 atom stereocenters. The number of anilines is 3. The van der Waals surface area contributed by atoms with Gasteiger partial charge in [-0.15, -0.1) is 0 Å². The molecule has 4 aromatic rings. The van der Waals surface area contributed by atoms with Crippen molar-refractivity contribution in [3.05, 3.63) is 78.4 Å². The molecule has 164 valence electrons. The first-order valence-corrected chi connectivity index (χ1v) is 11.8. The highest BCUT2D eigenvalue weighted by molar-refractivity contribution is 8.01. The smallest absolute Gasteiger partial charge is 0.202 e. The Morgan fingerprint density at radius 2 is 1.62 bits per heavy atom. The average Bonchev–Trinajstić information content (AvgIpc) is 2.79. The fraction of sp³-hybridized carbons (Fsp3) is 0.125. The summed E-state index contributed by atoms with van der Waals surface area (Å²) >= 11 is 0. The van der Waals surface area contributed by atoms with Crippen molar-refractivity contribution in [2.24, 2.45) is 0 Å². The molecule has 8 heteroatoms. The lowest BCUT2D eigenvalue weighted by molar-refractivity contribution is 0.298. The molecule has 4 rings (SSSR count). The van der Waals surface area contributed by atoms with E-state index >= 15 is 0 Å². The minimum absolute atomic E-state index is 0.108. The number of hydrogen-bond acceptors (Lipinski definition) is 6. The van der Waals surface area contributed by atoms with Crippen LogP contribution in [0.5, 0.6) is 5.75 Å². The highest BCUT2D eigenvalue weighted by Gasteiger charge is 2.20. The maximum atomic E-state index is 13.4. The Kier molecular flexibility index (Phi) is 5.98. The van der Waals surface area contributed by atoms with Crippen molar-refractivity contribution in [3.8, 4) is 5.75 Å². The van der Waals surface area contributed by atoms with Crippen LogP contribution in [0.15, 0.2) is 77.7 Å². The minimum atomic E-state index is -2.96. The first-order valence-electron chi connectivity index (χ1n) is 10.1. The van der Waals surface area contributed by atoms with Gasteiger partial charge in [0.05, 0.1) is 33.0 Å². The lowest BCUT2D eigenvalue weighted by Crippen LogP contribution is -2.20. The van der Waals surface area contributed by atoms with Crippen molar-refractivity contribution in [2.75, 3.05) is 16.4 Å². The summed E-state index contributed by atoms with van der Waals surface area (Å²) < 4.78 is 21.8. The zero-order valence-corrected chi connectivity index (χ0v) is 18.7. The number of aryl methyl sites for hydroxylation is 1. The number of rotatable bonds is 7. The van der Waals surface area contributed by atoms with Gasteiger partial charge in [-0.05, 0) is 68.2 Å². The van der Waals surface area contributed by atoms with E-state index in [1.807, 2.05) is 38.1 Å². The van der Waals surface area contributed by atoms with E-state index in [1.54, 1.807) is 48.5 Å². The Bertz CT molecular complexity index is 1340. The fourth-order valence-electron chi connectivity index (χ4n) is 3.15. The van der Waals surface area contributed by atoms with Gasteiger partial charge in [-0.25, -0.2) is 19.2 Å². The average molecular weight is 449 g/mol. The van der Waals surface area contributed by atoms with Crippen molar-refractivity contribution in [3.63, 3.8) is 0 Å². The summed E-state index contributed by atoms with van der Waals surface area (Å²) in [5, 5.41) is 11.9. The van der Waals surface area contributed by atoms with Gasteiger partial charge in [-0.1, -0.05) is 29.8 Å². The maximum Gasteiger partial charge on any atom is 0.202 e. The highest BCUT2D eigenvalue weighted by atomic mass is 32.2. The van der Waals surface area contributed by atoms with Crippen LogP contribution < -0.4 is 14.5 Å². The molecule has 1 unspecified atom stereocenters. The standard InChI is InChI=1S/C24H24N4O3S/c1-4-31-19-13-11-18(12-14-19)28(29)24-23(25-21-7-5-6-8-22(21)26-24)27-32(3,30)20-15-9-17(2)10-16-20/h5-16,29H,3-4H2,1-2H3,(H,25,27,30). The topological polar surface area (TPSA) is 87.6 Å². The second-order valence-electron chi connectivity index (χ2n) is 7.21. The SMILES string of the molecule is C=S(=O)(Nc1nc2ccccc2nc1N(O)c1ccc(OCC)cc1)c1ccc(C)cc1. The summed E-state index contributed by atoms with van der Waals surface area (Å²) in [5.74, 6) is 4.83. The largest absolute Gasteiger partial charge is 0.494 e. The van der Waals surface area contributed by atoms with Gasteiger partial charge in [0.2, 0.25) is 5.82 Å². The van der Waals surface area contributed by atoms with E-state index in [9.17, 15) is 9.42 Å². The first kappa shape index (κ1) is 21.6. The normalized spacial score (nSPS) is 12.8. The van der Waals surface area contributed by atoms with Crippen LogP contribution in [0.25, 0.3) is 11.0 Å². The van der Waals surface area contributed by atoms with Crippen molar-refractivity contribution in [1.29, 1.82) is 0 Å². The number of fused-ring (bicyclic) bond motifs is 1. The Labute approximate surface area is 187 Å². The Morgan fingerprint density at radius 1 is 1.00 bits per heavy atom. The quantitative estimate of drug-likeness (QED) is 0.307. The van der Waals surface area contributed by atoms with Crippen molar-refractivity contribution in [1.82, 2.24) is 9.97 Å². The number of hydrogen-bond donors (Lipinski definition) is 2. The van der Waals surface area contributed by atoms with Crippen LogP contribution in [0.1, 0.15) is 12.5 Å². The zero-order chi connectivity index (χ0) is 22.7. The van der Waals surface area contributed by atoms with Crippen molar-refractivity contribution >= 4 is 43.9 Å². The summed E-state index contributed by atoms with van der Waals surface area (Å²) in [6.45, 7) is 4.40. The molecule has 0 aliphatic rings. The third-order valence-electron chi connectivity index (χ3n) is 4.81. The van der Waals surface area contributed by atoms with Gasteiger partial charge < -0.3 is 4.74 Å². The van der Waals surface area contributed by atoms with Crippen LogP contribution in [-0.2, 0) is 9.71 Å². The van der Waals surface area contributed by atoms with Crippen LogP contribution in [-0.4, -0.2) is 31.9 Å². The molecule has 0 bridgehead atoms. The molecule has 1 aromatic heterocycles. The molecule has 0 fully saturated rings. The van der Waals surface area contributed by atoms with Crippen LogP contribution in [0.3, 0.4) is 0 Å². The molecule has 3 aromatic carbocycles. The predicted molar refractivity (Wildman–Crippen MR) is 129 cm³/mol. The summed E-state index contributed by atoms with van der Waals surface area (Å²) in [6.07, 6.45) is 0. The number of ether oxygens (including phenoxy) is 1. The minimum Gasteiger partial charge on any atom is -0.494 e. The Morgan fingerprint density at radius 3 is 2.25 bits per heavy atom. The first-order chi connectivity index (χ1) is 15.4. The molecular weight excluding hydrogens is 424 g/mol. The summed E-state index contributed by atoms with van der Waals surface area (Å²) in [5.41, 5.74) is 2.68. The predicted octanol–water partition coefficient (Wildman–Crippen LogP) is 4.97. The molecule has 0 amide bonds. The van der Waals surface area contributed by atoms with E-state index in [0.717, 1.165) is 10.6 Å². The summed E-state index contributed by atoms with van der Waals surface area (Å²) in [6, 6.07) is 21.4. The van der Waals surface area contributed by atoms with E-state index in [2.05, 4.69) is 20.6 Å². The molecule has 0 saturated carbocycles. The highest BCUT2D eigenvalue weighted by Crippen LogP contribution is 2.32. The lowest BCUT2D eigenvalue weighted by Gasteiger charge is -2.21. The number of nitrogens with one attached hydrogen (secondary N) is 1. The molecule has 0 spiro atoms. The number of para-hydroxylation sites is 2. The molecule has 0 aliphatic carbocycles. The third-order valence-corrected chi connectivity index (χ3v) is 6.37. The second kappa shape index (κ2) is 8.86. The van der Waals surface area contributed by atoms with E-state index in [4.69, 9.17) is 4.74 Å². The Balaban J connectivity index is 1.77. The number of aromatic nitrogens is 2. The molecule has 0 radical (unpaired) electrons. The number of nitrogens with zero attached hydrogens (tertiary/aromatic N) is 3. The molecule has 32 heavy (non-hydrogen) atoms. The van der Waals surface area contributed by atoms with Crippen LogP contribution in [0, 0.1) is 6.92 Å². The van der Waals surface area contributed by atoms with E-state index in [1.165, 1.54) is 0 Å². The van der Waals surface area contributed by atoms with E-state index in [-0.39, 0.29) is 11.6 Å². The monoisotopic (exact) mass is 448 g/mol. The summed E-state index contributed by atoms with van der Waals surface area (Å²) in [7, 11) is -2.96. The number of benzene rings is 3. The van der Waals surface area contributed by atoms with Crippen LogP contribution in [0.4, 0.5) is 17.3 Å². The summed E-state index contributed by atoms with van der Waals surface area (Å²) in [4.78, 5) is 9.67. The maximum absolute atomic E-state index is 13.4. The Hall–Kier alpha value is -3.62. The van der Waals surface area contributed by atoms with Gasteiger partial charge in [0.15, 0.2) is 5.82 Å². The van der Waals surface area contributed by atoms with Crippen LogP contribution >= 0.6 is 0 Å².